The van der Waals surface area contributed by atoms with Crippen molar-refractivity contribution in [2.45, 2.75) is 20.3 Å². The summed E-state index contributed by atoms with van der Waals surface area (Å²) in [6.07, 6.45) is 4.29. The molecule has 2 aromatic carbocycles. The Hall–Kier alpha value is -2.35. The van der Waals surface area contributed by atoms with E-state index < -0.39 is 0 Å². The molecule has 2 nitrogen and oxygen atoms in total. The molecule has 2 aromatic rings. The second-order valence-electron chi connectivity index (χ2n) is 5.25. The van der Waals surface area contributed by atoms with Gasteiger partial charge in [-0.2, -0.15) is 0 Å². The number of hydrogen-bond acceptors (Lipinski definition) is 2. The third-order valence-electron chi connectivity index (χ3n) is 2.69. The van der Waals surface area contributed by atoms with Crippen LogP contribution < -0.4 is 0 Å². The van der Waals surface area contributed by atoms with Crippen LogP contribution >= 0.6 is 0 Å². The van der Waals surface area contributed by atoms with Gasteiger partial charge in [-0.25, -0.2) is 0 Å². The van der Waals surface area contributed by atoms with Crippen LogP contribution in [0.2, 0.25) is 0 Å². The SMILES string of the molecule is CC(C)CC(=O)OC/C=C/c1ccccc1.c1ccccc1. The number of ether oxygens (including phenoxy) is 1. The van der Waals surface area contributed by atoms with Crippen LogP contribution in [0.4, 0.5) is 0 Å². The zero-order chi connectivity index (χ0) is 16.0. The Morgan fingerprint density at radius 3 is 1.95 bits per heavy atom. The van der Waals surface area contributed by atoms with Crippen molar-refractivity contribution in [2.75, 3.05) is 6.61 Å². The Labute approximate surface area is 133 Å². The highest BCUT2D eigenvalue weighted by Gasteiger charge is 2.03. The lowest BCUT2D eigenvalue weighted by Gasteiger charge is -2.03. The van der Waals surface area contributed by atoms with Gasteiger partial charge in [0.05, 0.1) is 0 Å². The van der Waals surface area contributed by atoms with Crippen molar-refractivity contribution in [3.05, 3.63) is 78.4 Å². The summed E-state index contributed by atoms with van der Waals surface area (Å²) in [5.74, 6) is 0.221. The largest absolute Gasteiger partial charge is 0.461 e. The van der Waals surface area contributed by atoms with Crippen LogP contribution in [0.5, 0.6) is 0 Å². The van der Waals surface area contributed by atoms with E-state index in [1.165, 1.54) is 0 Å². The minimum absolute atomic E-state index is 0.132. The van der Waals surface area contributed by atoms with Gasteiger partial charge >= 0.3 is 5.97 Å². The second-order valence-corrected chi connectivity index (χ2v) is 5.25. The van der Waals surface area contributed by atoms with Gasteiger partial charge in [0.25, 0.3) is 0 Å². The molecule has 0 radical (unpaired) electrons. The summed E-state index contributed by atoms with van der Waals surface area (Å²) in [6.45, 7) is 4.35. The highest BCUT2D eigenvalue weighted by atomic mass is 16.5. The van der Waals surface area contributed by atoms with Gasteiger partial charge in [-0.3, -0.25) is 4.79 Å². The van der Waals surface area contributed by atoms with Crippen LogP contribution in [0, 0.1) is 5.92 Å². The van der Waals surface area contributed by atoms with Crippen molar-refractivity contribution in [3.63, 3.8) is 0 Å². The van der Waals surface area contributed by atoms with Crippen LogP contribution in [-0.2, 0) is 9.53 Å². The summed E-state index contributed by atoms with van der Waals surface area (Å²) in [5, 5.41) is 0. The van der Waals surface area contributed by atoms with Crippen molar-refractivity contribution in [1.29, 1.82) is 0 Å². The number of esters is 1. The molecular formula is C20H24O2. The van der Waals surface area contributed by atoms with Crippen molar-refractivity contribution in [1.82, 2.24) is 0 Å². The first-order chi connectivity index (χ1) is 10.7. The molecule has 0 heterocycles. The molecule has 0 N–H and O–H groups in total. The Balaban J connectivity index is 0.000000335. The number of rotatable bonds is 5. The number of carbonyl (C=O) groups is 1. The van der Waals surface area contributed by atoms with Gasteiger partial charge in [0.2, 0.25) is 0 Å². The molecule has 0 bridgehead atoms. The molecule has 116 valence electrons. The molecule has 2 rings (SSSR count). The van der Waals surface area contributed by atoms with Crippen LogP contribution in [-0.4, -0.2) is 12.6 Å². The Morgan fingerprint density at radius 1 is 0.955 bits per heavy atom. The summed E-state index contributed by atoms with van der Waals surface area (Å²) in [5.41, 5.74) is 1.11. The molecular weight excluding hydrogens is 272 g/mol. The molecule has 0 atom stereocenters. The molecule has 0 aliphatic heterocycles. The van der Waals surface area contributed by atoms with Crippen molar-refractivity contribution in [2.24, 2.45) is 5.92 Å². The first-order valence-corrected chi connectivity index (χ1v) is 7.55. The van der Waals surface area contributed by atoms with Crippen molar-refractivity contribution >= 4 is 12.0 Å². The molecule has 2 heteroatoms. The molecule has 0 spiro atoms. The van der Waals surface area contributed by atoms with Gasteiger partial charge < -0.3 is 4.74 Å². The molecule has 0 aliphatic carbocycles. The molecule has 0 aliphatic rings. The fourth-order valence-electron chi connectivity index (χ4n) is 1.67. The zero-order valence-electron chi connectivity index (χ0n) is 13.3. The predicted octanol–water partition coefficient (Wildman–Crippen LogP) is 4.98. The van der Waals surface area contributed by atoms with Gasteiger partial charge in [0.15, 0.2) is 0 Å². The highest BCUT2D eigenvalue weighted by Crippen LogP contribution is 2.03. The number of benzene rings is 2. The summed E-state index contributed by atoms with van der Waals surface area (Å²) >= 11 is 0. The summed E-state index contributed by atoms with van der Waals surface area (Å²) in [4.78, 5) is 11.2. The summed E-state index contributed by atoms with van der Waals surface area (Å²) in [7, 11) is 0. The minimum atomic E-state index is -0.132. The fourth-order valence-corrected chi connectivity index (χ4v) is 1.67. The minimum Gasteiger partial charge on any atom is -0.461 e. The quantitative estimate of drug-likeness (QED) is 0.728. The van der Waals surface area contributed by atoms with E-state index in [1.807, 2.05) is 92.7 Å². The maximum absolute atomic E-state index is 11.2. The first-order valence-electron chi connectivity index (χ1n) is 7.55. The van der Waals surface area contributed by atoms with Gasteiger partial charge in [0.1, 0.15) is 6.61 Å². The smallest absolute Gasteiger partial charge is 0.306 e. The molecule has 0 aromatic heterocycles. The monoisotopic (exact) mass is 296 g/mol. The van der Waals surface area contributed by atoms with Crippen LogP contribution in [0.15, 0.2) is 72.8 Å². The second kappa shape index (κ2) is 11.3. The third kappa shape index (κ3) is 9.54. The van der Waals surface area contributed by atoms with E-state index in [-0.39, 0.29) is 5.97 Å². The molecule has 0 fully saturated rings. The zero-order valence-corrected chi connectivity index (χ0v) is 13.3. The van der Waals surface area contributed by atoms with E-state index in [2.05, 4.69) is 0 Å². The molecule has 22 heavy (non-hydrogen) atoms. The van der Waals surface area contributed by atoms with Gasteiger partial charge in [-0.05, 0) is 17.6 Å². The predicted molar refractivity (Wildman–Crippen MR) is 92.3 cm³/mol. The molecule has 0 saturated carbocycles. The lowest BCUT2D eigenvalue weighted by atomic mass is 10.1. The molecule has 0 amide bonds. The molecule has 0 saturated heterocycles. The van der Waals surface area contributed by atoms with E-state index >= 15 is 0 Å². The number of carbonyl (C=O) groups excluding carboxylic acids is 1. The van der Waals surface area contributed by atoms with Crippen molar-refractivity contribution in [3.8, 4) is 0 Å². The van der Waals surface area contributed by atoms with E-state index in [0.29, 0.717) is 18.9 Å². The average Bonchev–Trinajstić information content (AvgIpc) is 2.54. The fraction of sp³-hybridized carbons (Fsp3) is 0.250. The standard InChI is InChI=1S/C14H18O2.C6H6/c1-12(2)11-14(15)16-10-6-9-13-7-4-3-5-8-13;1-2-4-6-5-3-1/h3-9,12H,10-11H2,1-2H3;1-6H/b9-6+;. The third-order valence-corrected chi connectivity index (χ3v) is 2.69. The Bertz CT molecular complexity index is 503. The van der Waals surface area contributed by atoms with Crippen LogP contribution in [0.25, 0.3) is 6.08 Å². The topological polar surface area (TPSA) is 26.3 Å². The van der Waals surface area contributed by atoms with E-state index in [9.17, 15) is 4.79 Å². The normalized spacial score (nSPS) is 10.1. The maximum Gasteiger partial charge on any atom is 0.306 e. The average molecular weight is 296 g/mol. The summed E-state index contributed by atoms with van der Waals surface area (Å²) in [6, 6.07) is 21.9. The lowest BCUT2D eigenvalue weighted by Crippen LogP contribution is -2.07. The number of hydrogen-bond donors (Lipinski definition) is 0. The van der Waals surface area contributed by atoms with Gasteiger partial charge in [-0.1, -0.05) is 86.7 Å². The molecule has 0 unspecified atom stereocenters. The Kier molecular flexibility index (Phi) is 9.11. The van der Waals surface area contributed by atoms with Crippen LogP contribution in [0.3, 0.4) is 0 Å². The highest BCUT2D eigenvalue weighted by molar-refractivity contribution is 5.69. The van der Waals surface area contributed by atoms with Gasteiger partial charge in [0, 0.05) is 6.42 Å². The van der Waals surface area contributed by atoms with Gasteiger partial charge in [-0.15, -0.1) is 0 Å². The first kappa shape index (κ1) is 17.7. The van der Waals surface area contributed by atoms with Crippen molar-refractivity contribution < 1.29 is 9.53 Å². The van der Waals surface area contributed by atoms with E-state index in [4.69, 9.17) is 4.74 Å². The lowest BCUT2D eigenvalue weighted by molar-refractivity contribution is -0.143. The van der Waals surface area contributed by atoms with E-state index in [1.54, 1.807) is 0 Å². The summed E-state index contributed by atoms with van der Waals surface area (Å²) < 4.78 is 5.05. The van der Waals surface area contributed by atoms with Crippen LogP contribution in [0.1, 0.15) is 25.8 Å². The van der Waals surface area contributed by atoms with E-state index in [0.717, 1.165) is 5.56 Å². The Morgan fingerprint density at radius 2 is 1.45 bits per heavy atom. The maximum atomic E-state index is 11.2.